The highest BCUT2D eigenvalue weighted by Gasteiger charge is 2.47. The highest BCUT2D eigenvalue weighted by atomic mass is 19.1. The largest absolute Gasteiger partial charge is 0.358 e. The minimum absolute atomic E-state index is 0.0266. The Balaban J connectivity index is 1.15. The van der Waals surface area contributed by atoms with Crippen molar-refractivity contribution in [1.29, 1.82) is 0 Å². The summed E-state index contributed by atoms with van der Waals surface area (Å²) < 4.78 is 28.2. The number of likely N-dealkylation sites (tertiary alicyclic amines) is 2. The number of halogens is 2. The van der Waals surface area contributed by atoms with Gasteiger partial charge in [0.05, 0.1) is 11.8 Å². The normalized spacial score (nSPS) is 26.3. The fourth-order valence-electron chi connectivity index (χ4n) is 7.43. The Bertz CT molecular complexity index is 1260. The van der Waals surface area contributed by atoms with Crippen molar-refractivity contribution in [2.24, 2.45) is 22.1 Å². The van der Waals surface area contributed by atoms with Crippen LogP contribution in [0.4, 0.5) is 13.6 Å². The van der Waals surface area contributed by atoms with Gasteiger partial charge in [-0.05, 0) is 72.8 Å². The van der Waals surface area contributed by atoms with Crippen LogP contribution in [0, 0.1) is 23.0 Å². The summed E-state index contributed by atoms with van der Waals surface area (Å²) in [7, 11) is 0. The number of piperidine rings is 2. The van der Waals surface area contributed by atoms with Crippen molar-refractivity contribution >= 4 is 11.7 Å². The molecule has 2 aromatic carbocycles. The van der Waals surface area contributed by atoms with Crippen molar-refractivity contribution in [1.82, 2.24) is 14.7 Å². The summed E-state index contributed by atoms with van der Waals surface area (Å²) in [6.45, 7) is 3.51. The number of nitrogens with zero attached hydrogens (tertiary/aromatic N) is 4. The van der Waals surface area contributed by atoms with Crippen LogP contribution in [0.1, 0.15) is 62.1 Å². The van der Waals surface area contributed by atoms with E-state index in [4.69, 9.17) is 10.7 Å². The lowest BCUT2D eigenvalue weighted by Crippen LogP contribution is -2.57. The van der Waals surface area contributed by atoms with Crippen LogP contribution in [0.3, 0.4) is 0 Å². The summed E-state index contributed by atoms with van der Waals surface area (Å²) in [6, 6.07) is 13.3. The fourth-order valence-corrected chi connectivity index (χ4v) is 7.43. The molecule has 2 N–H and O–H groups in total. The summed E-state index contributed by atoms with van der Waals surface area (Å²) >= 11 is 0. The number of amides is 2. The molecule has 1 saturated carbocycles. The fraction of sp³-hybridized carbons (Fsp3) is 0.500. The molecule has 0 radical (unpaired) electrons. The van der Waals surface area contributed by atoms with E-state index in [1.165, 1.54) is 25.0 Å². The van der Waals surface area contributed by atoms with Gasteiger partial charge in [0.2, 0.25) is 0 Å². The predicted octanol–water partition coefficient (Wildman–Crippen LogP) is 5.71. The molecule has 2 amide bonds. The SMILES string of the molecule is N[C@@H]1CCN(C(=O)N2CC[C@@H](CN3C=CC(c4ccccc4)=NC3)C3(CCCC3)C2)[C@H](c2cc(F)cc(F)c2)C1. The Labute approximate surface area is 235 Å². The number of benzene rings is 2. The van der Waals surface area contributed by atoms with Crippen LogP contribution >= 0.6 is 0 Å². The third-order valence-electron chi connectivity index (χ3n) is 9.54. The molecule has 3 atom stereocenters. The van der Waals surface area contributed by atoms with Crippen LogP contribution in [-0.2, 0) is 0 Å². The van der Waals surface area contributed by atoms with E-state index in [2.05, 4.69) is 29.3 Å². The molecule has 8 heteroatoms. The molecule has 6 nitrogen and oxygen atoms in total. The molecule has 4 aliphatic rings. The summed E-state index contributed by atoms with van der Waals surface area (Å²) in [5.41, 5.74) is 8.99. The summed E-state index contributed by atoms with van der Waals surface area (Å²) in [5, 5.41) is 0. The van der Waals surface area contributed by atoms with E-state index in [9.17, 15) is 13.6 Å². The minimum Gasteiger partial charge on any atom is -0.358 e. The third-order valence-corrected chi connectivity index (χ3v) is 9.54. The van der Waals surface area contributed by atoms with Crippen LogP contribution in [0.25, 0.3) is 0 Å². The van der Waals surface area contributed by atoms with E-state index < -0.39 is 17.7 Å². The van der Waals surface area contributed by atoms with Crippen LogP contribution in [0.5, 0.6) is 0 Å². The summed E-state index contributed by atoms with van der Waals surface area (Å²) in [6.07, 6.45) is 11.0. The Morgan fingerprint density at radius 1 is 1.02 bits per heavy atom. The molecule has 2 aromatic rings. The average Bonchev–Trinajstić information content (AvgIpc) is 3.43. The molecule has 3 heterocycles. The van der Waals surface area contributed by atoms with Gasteiger partial charge in [-0.1, -0.05) is 43.2 Å². The molecule has 6 rings (SSSR count). The number of nitrogens with two attached hydrogens (primary N) is 1. The Morgan fingerprint density at radius 2 is 1.77 bits per heavy atom. The monoisotopic (exact) mass is 547 g/mol. The maximum Gasteiger partial charge on any atom is 0.320 e. The van der Waals surface area contributed by atoms with Gasteiger partial charge in [0.25, 0.3) is 0 Å². The van der Waals surface area contributed by atoms with Gasteiger partial charge in [-0.25, -0.2) is 13.6 Å². The van der Waals surface area contributed by atoms with Crippen LogP contribution in [0.2, 0.25) is 0 Å². The second-order valence-corrected chi connectivity index (χ2v) is 12.1. The number of allylic oxidation sites excluding steroid dienone is 1. The number of aliphatic imine (C=N–C) groups is 1. The van der Waals surface area contributed by atoms with Gasteiger partial charge in [0, 0.05) is 44.5 Å². The smallest absolute Gasteiger partial charge is 0.320 e. The number of hydrogen-bond acceptors (Lipinski definition) is 4. The first-order chi connectivity index (χ1) is 19.4. The number of urea groups is 1. The van der Waals surface area contributed by atoms with E-state index >= 15 is 0 Å². The van der Waals surface area contributed by atoms with Crippen LogP contribution in [0.15, 0.2) is 65.8 Å². The zero-order chi connectivity index (χ0) is 27.7. The third kappa shape index (κ3) is 5.51. The average molecular weight is 548 g/mol. The Kier molecular flexibility index (Phi) is 7.62. The van der Waals surface area contributed by atoms with E-state index in [1.807, 2.05) is 28.0 Å². The molecule has 0 unspecified atom stereocenters. The second-order valence-electron chi connectivity index (χ2n) is 12.1. The molecule has 0 bridgehead atoms. The number of hydrogen-bond donors (Lipinski definition) is 1. The molecular weight excluding hydrogens is 508 g/mol. The van der Waals surface area contributed by atoms with Crippen molar-refractivity contribution in [2.45, 2.75) is 57.0 Å². The van der Waals surface area contributed by atoms with Gasteiger partial charge >= 0.3 is 6.03 Å². The van der Waals surface area contributed by atoms with Crippen LogP contribution in [-0.4, -0.2) is 65.3 Å². The minimum atomic E-state index is -0.626. The van der Waals surface area contributed by atoms with Gasteiger partial charge in [0.15, 0.2) is 0 Å². The number of rotatable bonds is 4. The van der Waals surface area contributed by atoms with Crippen molar-refractivity contribution in [2.75, 3.05) is 32.8 Å². The second kappa shape index (κ2) is 11.3. The lowest BCUT2D eigenvalue weighted by molar-refractivity contribution is 0.0186. The molecule has 40 heavy (non-hydrogen) atoms. The zero-order valence-corrected chi connectivity index (χ0v) is 23.0. The van der Waals surface area contributed by atoms with E-state index in [0.717, 1.165) is 49.7 Å². The van der Waals surface area contributed by atoms with Crippen molar-refractivity contribution < 1.29 is 13.6 Å². The molecule has 2 saturated heterocycles. The van der Waals surface area contributed by atoms with E-state index in [1.54, 1.807) is 0 Å². The molecule has 3 fully saturated rings. The molecule has 212 valence electrons. The Morgan fingerprint density at radius 3 is 2.48 bits per heavy atom. The molecule has 3 aliphatic heterocycles. The van der Waals surface area contributed by atoms with Gasteiger partial charge < -0.3 is 20.4 Å². The highest BCUT2D eigenvalue weighted by Crippen LogP contribution is 2.49. The lowest BCUT2D eigenvalue weighted by atomic mass is 9.69. The van der Waals surface area contributed by atoms with Crippen molar-refractivity contribution in [3.63, 3.8) is 0 Å². The van der Waals surface area contributed by atoms with Gasteiger partial charge in [-0.3, -0.25) is 4.99 Å². The molecule has 0 aromatic heterocycles. The zero-order valence-electron chi connectivity index (χ0n) is 23.0. The lowest BCUT2D eigenvalue weighted by Gasteiger charge is -2.50. The van der Waals surface area contributed by atoms with Gasteiger partial charge in [-0.15, -0.1) is 0 Å². The first-order valence-electron chi connectivity index (χ1n) is 14.7. The van der Waals surface area contributed by atoms with Crippen molar-refractivity contribution in [3.8, 4) is 0 Å². The highest BCUT2D eigenvalue weighted by molar-refractivity contribution is 6.08. The van der Waals surface area contributed by atoms with Crippen molar-refractivity contribution in [3.05, 3.63) is 83.6 Å². The molecule has 1 aliphatic carbocycles. The quantitative estimate of drug-likeness (QED) is 0.534. The first kappa shape index (κ1) is 26.9. The van der Waals surface area contributed by atoms with E-state index in [-0.39, 0.29) is 17.5 Å². The predicted molar refractivity (Wildman–Crippen MR) is 153 cm³/mol. The first-order valence-corrected chi connectivity index (χ1v) is 14.7. The number of carbonyl (C=O) groups excluding carboxylic acids is 1. The Hall–Kier alpha value is -3.26. The molecule has 1 spiro atoms. The summed E-state index contributed by atoms with van der Waals surface area (Å²) in [5.74, 6) is -0.765. The maximum atomic E-state index is 14.1. The standard InChI is InChI=1S/C32H39F2N5O/c33-26-16-24(17-27(34)18-26)30-19-28(35)9-15-39(30)31(40)38-14-8-25(32(21-38)11-4-5-12-32)20-37-13-10-29(36-22-37)23-6-2-1-3-7-23/h1-3,6-7,10,13,16-18,25,28,30H,4-5,8-9,11-12,14-15,19-22,35H2/t25-,28+,30-/m0/s1. The number of carbonyl (C=O) groups is 1. The van der Waals surface area contributed by atoms with Gasteiger partial charge in [-0.2, -0.15) is 0 Å². The van der Waals surface area contributed by atoms with Crippen LogP contribution < -0.4 is 5.73 Å². The topological polar surface area (TPSA) is 65.2 Å². The maximum absolute atomic E-state index is 14.1. The molecular formula is C32H39F2N5O. The summed E-state index contributed by atoms with van der Waals surface area (Å²) in [4.78, 5) is 25.0. The van der Waals surface area contributed by atoms with E-state index in [0.29, 0.717) is 44.1 Å². The van der Waals surface area contributed by atoms with Gasteiger partial charge in [0.1, 0.15) is 18.3 Å².